The van der Waals surface area contributed by atoms with E-state index in [1.807, 2.05) is 6.07 Å². The monoisotopic (exact) mass is 318 g/mol. The molecule has 0 spiro atoms. The van der Waals surface area contributed by atoms with E-state index in [0.717, 1.165) is 24.3 Å². The van der Waals surface area contributed by atoms with Crippen molar-refractivity contribution in [3.63, 3.8) is 0 Å². The second-order valence-electron chi connectivity index (χ2n) is 5.18. The molecule has 0 unspecified atom stereocenters. The van der Waals surface area contributed by atoms with Crippen molar-refractivity contribution in [2.45, 2.75) is 52.6 Å². The molecule has 0 amide bonds. The zero-order valence-electron chi connectivity index (χ0n) is 12.6. The Morgan fingerprint density at radius 1 is 1.20 bits per heavy atom. The van der Waals surface area contributed by atoms with E-state index in [-0.39, 0.29) is 5.75 Å². The van der Waals surface area contributed by atoms with Crippen LogP contribution in [0.3, 0.4) is 0 Å². The van der Waals surface area contributed by atoms with Gasteiger partial charge in [-0.15, -0.1) is 11.3 Å². The Balaban J connectivity index is 2.24. The Bertz CT molecular complexity index is 481. The average Bonchev–Trinajstić information content (AvgIpc) is 2.83. The van der Waals surface area contributed by atoms with Crippen LogP contribution in [0.5, 0.6) is 0 Å². The molecule has 0 atom stereocenters. The second-order valence-corrected chi connectivity index (χ2v) is 8.36. The lowest BCUT2D eigenvalue weighted by atomic mass is 10.3. The van der Waals surface area contributed by atoms with Crippen molar-refractivity contribution in [2.75, 3.05) is 12.3 Å². The number of rotatable bonds is 10. The summed E-state index contributed by atoms with van der Waals surface area (Å²) in [5.41, 5.74) is 0. The molecule has 0 radical (unpaired) electrons. The Kier molecular flexibility index (Phi) is 7.72. The molecular weight excluding hydrogens is 292 g/mol. The lowest BCUT2D eigenvalue weighted by Gasteiger charge is -2.08. The predicted molar refractivity (Wildman–Crippen MR) is 86.7 cm³/mol. The number of aryl methyl sites for hydroxylation is 1. The van der Waals surface area contributed by atoms with Crippen molar-refractivity contribution < 1.29 is 8.42 Å². The maximum absolute atomic E-state index is 11.9. The van der Waals surface area contributed by atoms with Gasteiger partial charge in [-0.3, -0.25) is 0 Å². The number of nitrogens with one attached hydrogen (secondary N) is 2. The first-order valence-electron chi connectivity index (χ1n) is 7.21. The number of hydrogen-bond acceptors (Lipinski definition) is 4. The van der Waals surface area contributed by atoms with Crippen LogP contribution in [0.2, 0.25) is 0 Å². The molecule has 6 heteroatoms. The van der Waals surface area contributed by atoms with Gasteiger partial charge in [0, 0.05) is 22.3 Å². The van der Waals surface area contributed by atoms with Crippen LogP contribution in [0.15, 0.2) is 12.1 Å². The Labute approximate surface area is 127 Å². The van der Waals surface area contributed by atoms with E-state index in [0.29, 0.717) is 19.0 Å². The van der Waals surface area contributed by atoms with Gasteiger partial charge in [-0.1, -0.05) is 20.8 Å². The fourth-order valence-electron chi connectivity index (χ4n) is 1.77. The summed E-state index contributed by atoms with van der Waals surface area (Å²) in [6.07, 6.45) is 2.58. The lowest BCUT2D eigenvalue weighted by molar-refractivity contribution is 0.555. The SMILES string of the molecule is CCc1ccc(CNS(=O)(=O)CCCCNC(C)C)s1. The highest BCUT2D eigenvalue weighted by atomic mass is 32.2. The second kappa shape index (κ2) is 8.77. The number of unbranched alkanes of at least 4 members (excludes halogenated alkanes) is 1. The van der Waals surface area contributed by atoms with E-state index in [1.54, 1.807) is 11.3 Å². The minimum atomic E-state index is -3.15. The van der Waals surface area contributed by atoms with Gasteiger partial charge in [0.15, 0.2) is 0 Å². The zero-order chi connectivity index (χ0) is 15.0. The molecule has 0 bridgehead atoms. The standard InChI is InChI=1S/C14H26N2O2S2/c1-4-13-7-8-14(19-13)11-16-20(17,18)10-6-5-9-15-12(2)3/h7-8,12,15-16H,4-6,9-11H2,1-3H3. The highest BCUT2D eigenvalue weighted by molar-refractivity contribution is 7.89. The maximum Gasteiger partial charge on any atom is 0.211 e. The molecule has 2 N–H and O–H groups in total. The van der Waals surface area contributed by atoms with Crippen LogP contribution < -0.4 is 10.0 Å². The highest BCUT2D eigenvalue weighted by Crippen LogP contribution is 2.16. The summed E-state index contributed by atoms with van der Waals surface area (Å²) < 4.78 is 26.4. The largest absolute Gasteiger partial charge is 0.315 e. The van der Waals surface area contributed by atoms with Crippen molar-refractivity contribution >= 4 is 21.4 Å². The van der Waals surface area contributed by atoms with Gasteiger partial charge in [0.05, 0.1) is 5.75 Å². The smallest absolute Gasteiger partial charge is 0.211 e. The van der Waals surface area contributed by atoms with Crippen LogP contribution >= 0.6 is 11.3 Å². The van der Waals surface area contributed by atoms with Gasteiger partial charge >= 0.3 is 0 Å². The summed E-state index contributed by atoms with van der Waals surface area (Å²) in [6.45, 7) is 7.56. The fraction of sp³-hybridized carbons (Fsp3) is 0.714. The molecule has 0 aromatic carbocycles. The molecule has 0 saturated heterocycles. The van der Waals surface area contributed by atoms with Gasteiger partial charge in [0.2, 0.25) is 10.0 Å². The van der Waals surface area contributed by atoms with Gasteiger partial charge in [-0.25, -0.2) is 13.1 Å². The molecule has 1 aromatic heterocycles. The fourth-order valence-corrected chi connectivity index (χ4v) is 3.86. The normalized spacial score (nSPS) is 12.2. The molecule has 0 saturated carbocycles. The summed E-state index contributed by atoms with van der Waals surface area (Å²) >= 11 is 1.67. The number of hydrogen-bond donors (Lipinski definition) is 2. The predicted octanol–water partition coefficient (Wildman–Crippen LogP) is 2.51. The summed E-state index contributed by atoms with van der Waals surface area (Å²) in [4.78, 5) is 2.37. The topological polar surface area (TPSA) is 58.2 Å². The Hall–Kier alpha value is -0.430. The third-order valence-corrected chi connectivity index (χ3v) is 5.56. The minimum absolute atomic E-state index is 0.207. The summed E-state index contributed by atoms with van der Waals surface area (Å²) in [5.74, 6) is 0.207. The molecule has 0 aliphatic heterocycles. The minimum Gasteiger partial charge on any atom is -0.315 e. The summed E-state index contributed by atoms with van der Waals surface area (Å²) in [6, 6.07) is 4.51. The molecule has 0 fully saturated rings. The van der Waals surface area contributed by atoms with Crippen molar-refractivity contribution in [3.8, 4) is 0 Å². The van der Waals surface area contributed by atoms with Gasteiger partial charge in [0.25, 0.3) is 0 Å². The van der Waals surface area contributed by atoms with Crippen LogP contribution in [0.25, 0.3) is 0 Å². The molecule has 1 rings (SSSR count). The van der Waals surface area contributed by atoms with Gasteiger partial charge < -0.3 is 5.32 Å². The van der Waals surface area contributed by atoms with E-state index < -0.39 is 10.0 Å². The third kappa shape index (κ3) is 7.38. The van der Waals surface area contributed by atoms with Crippen LogP contribution in [-0.4, -0.2) is 26.8 Å². The van der Waals surface area contributed by atoms with Crippen molar-refractivity contribution in [1.82, 2.24) is 10.0 Å². The van der Waals surface area contributed by atoms with Crippen molar-refractivity contribution in [3.05, 3.63) is 21.9 Å². The summed E-state index contributed by atoms with van der Waals surface area (Å²) in [5, 5.41) is 3.29. The first kappa shape index (κ1) is 17.6. The van der Waals surface area contributed by atoms with Crippen LogP contribution in [0.4, 0.5) is 0 Å². The van der Waals surface area contributed by atoms with Crippen LogP contribution in [0, 0.1) is 0 Å². The molecule has 4 nitrogen and oxygen atoms in total. The first-order chi connectivity index (χ1) is 9.43. The molecule has 1 heterocycles. The van der Waals surface area contributed by atoms with E-state index in [1.165, 1.54) is 4.88 Å². The van der Waals surface area contributed by atoms with E-state index in [4.69, 9.17) is 0 Å². The Morgan fingerprint density at radius 2 is 1.90 bits per heavy atom. The summed E-state index contributed by atoms with van der Waals surface area (Å²) in [7, 11) is -3.15. The molecule has 1 aromatic rings. The highest BCUT2D eigenvalue weighted by Gasteiger charge is 2.10. The van der Waals surface area contributed by atoms with E-state index in [2.05, 4.69) is 36.9 Å². The molecular formula is C14H26N2O2S2. The Morgan fingerprint density at radius 3 is 2.50 bits per heavy atom. The van der Waals surface area contributed by atoms with Crippen LogP contribution in [0.1, 0.15) is 43.4 Å². The molecule has 20 heavy (non-hydrogen) atoms. The average molecular weight is 319 g/mol. The quantitative estimate of drug-likeness (QED) is 0.652. The van der Waals surface area contributed by atoms with Crippen molar-refractivity contribution in [1.29, 1.82) is 0 Å². The maximum atomic E-state index is 11.9. The third-order valence-electron chi connectivity index (χ3n) is 2.92. The van der Waals surface area contributed by atoms with Gasteiger partial charge in [0.1, 0.15) is 0 Å². The van der Waals surface area contributed by atoms with Gasteiger partial charge in [-0.05, 0) is 37.9 Å². The van der Waals surface area contributed by atoms with Gasteiger partial charge in [-0.2, -0.15) is 0 Å². The lowest BCUT2D eigenvalue weighted by Crippen LogP contribution is -2.27. The molecule has 0 aliphatic carbocycles. The number of sulfonamides is 1. The molecule has 116 valence electrons. The van der Waals surface area contributed by atoms with E-state index in [9.17, 15) is 8.42 Å². The number of thiophene rings is 1. The molecule has 0 aliphatic rings. The first-order valence-corrected chi connectivity index (χ1v) is 9.68. The van der Waals surface area contributed by atoms with Crippen molar-refractivity contribution in [2.24, 2.45) is 0 Å². The zero-order valence-corrected chi connectivity index (χ0v) is 14.2. The van der Waals surface area contributed by atoms with E-state index >= 15 is 0 Å². The van der Waals surface area contributed by atoms with Crippen LogP contribution in [-0.2, 0) is 23.0 Å².